The van der Waals surface area contributed by atoms with Crippen LogP contribution in [0.15, 0.2) is 30.6 Å². The van der Waals surface area contributed by atoms with E-state index in [4.69, 9.17) is 27.9 Å². The monoisotopic (exact) mass is 254 g/mol. The molecule has 0 aliphatic carbocycles. The molecule has 1 aromatic carbocycles. The maximum Gasteiger partial charge on any atom is 0.159 e. The molecular formula is C11H8Cl2N2O. The quantitative estimate of drug-likeness (QED) is 0.824. The lowest BCUT2D eigenvalue weighted by Gasteiger charge is -2.03. The summed E-state index contributed by atoms with van der Waals surface area (Å²) in [7, 11) is 1.56. The molecule has 2 rings (SSSR count). The number of nitrogens with zero attached hydrogens (tertiary/aromatic N) is 2. The van der Waals surface area contributed by atoms with E-state index in [0.29, 0.717) is 21.6 Å². The molecular weight excluding hydrogens is 247 g/mol. The molecule has 2 aromatic rings. The van der Waals surface area contributed by atoms with Crippen LogP contribution in [0.5, 0.6) is 5.75 Å². The summed E-state index contributed by atoms with van der Waals surface area (Å²) in [5.74, 6) is 1.17. The molecule has 0 saturated heterocycles. The molecule has 0 unspecified atom stereocenters. The first-order valence-electron chi connectivity index (χ1n) is 4.51. The third-order valence-electron chi connectivity index (χ3n) is 1.98. The average molecular weight is 255 g/mol. The van der Waals surface area contributed by atoms with Crippen LogP contribution in [0, 0.1) is 0 Å². The van der Waals surface area contributed by atoms with Crippen LogP contribution in [0.1, 0.15) is 0 Å². The Morgan fingerprint density at radius 2 is 1.56 bits per heavy atom. The maximum absolute atomic E-state index is 5.89. The Hall–Kier alpha value is -1.32. The summed E-state index contributed by atoms with van der Waals surface area (Å²) in [4.78, 5) is 8.30. The number of hydrogen-bond acceptors (Lipinski definition) is 3. The minimum absolute atomic E-state index is 0.557. The first kappa shape index (κ1) is 11.2. The Kier molecular flexibility index (Phi) is 3.27. The first-order chi connectivity index (χ1) is 7.69. The van der Waals surface area contributed by atoms with Gasteiger partial charge in [-0.25, -0.2) is 9.97 Å². The van der Waals surface area contributed by atoms with Crippen LogP contribution >= 0.6 is 23.2 Å². The van der Waals surface area contributed by atoms with Gasteiger partial charge in [0.15, 0.2) is 11.6 Å². The number of halogens is 2. The van der Waals surface area contributed by atoms with E-state index in [-0.39, 0.29) is 0 Å². The van der Waals surface area contributed by atoms with Gasteiger partial charge in [0.05, 0.1) is 19.5 Å². The number of aromatic nitrogens is 2. The van der Waals surface area contributed by atoms with Crippen LogP contribution in [-0.2, 0) is 0 Å². The highest BCUT2D eigenvalue weighted by molar-refractivity contribution is 6.35. The van der Waals surface area contributed by atoms with Crippen molar-refractivity contribution in [2.75, 3.05) is 7.11 Å². The minimum atomic E-state index is 0.557. The van der Waals surface area contributed by atoms with E-state index in [0.717, 1.165) is 5.56 Å². The lowest BCUT2D eigenvalue weighted by Crippen LogP contribution is -1.91. The summed E-state index contributed by atoms with van der Waals surface area (Å²) >= 11 is 11.8. The van der Waals surface area contributed by atoms with Crippen molar-refractivity contribution in [3.63, 3.8) is 0 Å². The average Bonchev–Trinajstić information content (AvgIpc) is 2.28. The summed E-state index contributed by atoms with van der Waals surface area (Å²) in [5.41, 5.74) is 0.778. The largest absolute Gasteiger partial charge is 0.494 e. The number of ether oxygens (including phenoxy) is 1. The van der Waals surface area contributed by atoms with Gasteiger partial charge in [0.1, 0.15) is 0 Å². The molecule has 0 radical (unpaired) electrons. The van der Waals surface area contributed by atoms with Crippen LogP contribution in [0.3, 0.4) is 0 Å². The van der Waals surface area contributed by atoms with Gasteiger partial charge in [-0.05, 0) is 18.2 Å². The van der Waals surface area contributed by atoms with Gasteiger partial charge >= 0.3 is 0 Å². The Labute approximate surface area is 103 Å². The number of hydrogen-bond donors (Lipinski definition) is 0. The van der Waals surface area contributed by atoms with Gasteiger partial charge in [0.25, 0.3) is 0 Å². The SMILES string of the molecule is COc1cnc(-c2cc(Cl)cc(Cl)c2)nc1. The van der Waals surface area contributed by atoms with Crippen LogP contribution in [0.25, 0.3) is 11.4 Å². The molecule has 1 aromatic heterocycles. The van der Waals surface area contributed by atoms with Gasteiger partial charge in [-0.2, -0.15) is 0 Å². The topological polar surface area (TPSA) is 35.0 Å². The molecule has 3 nitrogen and oxygen atoms in total. The van der Waals surface area contributed by atoms with Crippen molar-refractivity contribution >= 4 is 23.2 Å². The number of rotatable bonds is 2. The van der Waals surface area contributed by atoms with Gasteiger partial charge in [0, 0.05) is 15.6 Å². The smallest absolute Gasteiger partial charge is 0.159 e. The molecule has 82 valence electrons. The second-order valence-electron chi connectivity index (χ2n) is 3.10. The number of methoxy groups -OCH3 is 1. The zero-order valence-corrected chi connectivity index (χ0v) is 9.96. The maximum atomic E-state index is 5.89. The predicted octanol–water partition coefficient (Wildman–Crippen LogP) is 3.46. The standard InChI is InChI=1S/C11H8Cl2N2O/c1-16-10-5-14-11(15-6-10)7-2-8(12)4-9(13)3-7/h2-6H,1H3. The molecule has 0 N–H and O–H groups in total. The van der Waals surface area contributed by atoms with Crippen molar-refractivity contribution in [1.29, 1.82) is 0 Å². The zero-order valence-electron chi connectivity index (χ0n) is 8.45. The fourth-order valence-corrected chi connectivity index (χ4v) is 1.78. The van der Waals surface area contributed by atoms with Crippen molar-refractivity contribution in [2.24, 2.45) is 0 Å². The lowest BCUT2D eigenvalue weighted by molar-refractivity contribution is 0.411. The predicted molar refractivity (Wildman–Crippen MR) is 64.0 cm³/mol. The molecule has 0 aliphatic rings. The first-order valence-corrected chi connectivity index (χ1v) is 5.27. The van der Waals surface area contributed by atoms with E-state index in [2.05, 4.69) is 9.97 Å². The van der Waals surface area contributed by atoms with E-state index in [9.17, 15) is 0 Å². The van der Waals surface area contributed by atoms with E-state index in [1.807, 2.05) is 0 Å². The lowest BCUT2D eigenvalue weighted by atomic mass is 10.2. The van der Waals surface area contributed by atoms with Crippen LogP contribution in [-0.4, -0.2) is 17.1 Å². The molecule has 1 heterocycles. The van der Waals surface area contributed by atoms with E-state index < -0.39 is 0 Å². The Morgan fingerprint density at radius 3 is 2.06 bits per heavy atom. The summed E-state index contributed by atoms with van der Waals surface area (Å²) in [5, 5.41) is 1.11. The molecule has 5 heteroatoms. The highest BCUT2D eigenvalue weighted by Crippen LogP contribution is 2.25. The zero-order chi connectivity index (χ0) is 11.5. The van der Waals surface area contributed by atoms with Crippen LogP contribution in [0.4, 0.5) is 0 Å². The highest BCUT2D eigenvalue weighted by Gasteiger charge is 2.04. The molecule has 0 saturated carbocycles. The molecule has 0 bridgehead atoms. The van der Waals surface area contributed by atoms with Gasteiger partial charge in [-0.1, -0.05) is 23.2 Å². The Morgan fingerprint density at radius 1 is 1.00 bits per heavy atom. The normalized spacial score (nSPS) is 10.2. The van der Waals surface area contributed by atoms with Gasteiger partial charge in [-0.15, -0.1) is 0 Å². The van der Waals surface area contributed by atoms with Gasteiger partial charge < -0.3 is 4.74 Å². The Bertz CT molecular complexity index is 480. The highest BCUT2D eigenvalue weighted by atomic mass is 35.5. The molecule has 16 heavy (non-hydrogen) atoms. The van der Waals surface area contributed by atoms with Crippen molar-refractivity contribution in [3.05, 3.63) is 40.6 Å². The molecule has 0 atom stereocenters. The molecule has 0 fully saturated rings. The third-order valence-corrected chi connectivity index (χ3v) is 2.42. The second kappa shape index (κ2) is 4.68. The fraction of sp³-hybridized carbons (Fsp3) is 0.0909. The molecule has 0 aliphatic heterocycles. The third kappa shape index (κ3) is 2.43. The summed E-state index contributed by atoms with van der Waals surface area (Å²) in [6.45, 7) is 0. The van der Waals surface area contributed by atoms with Crippen molar-refractivity contribution in [2.45, 2.75) is 0 Å². The minimum Gasteiger partial charge on any atom is -0.494 e. The molecule has 0 amide bonds. The van der Waals surface area contributed by atoms with Crippen molar-refractivity contribution < 1.29 is 4.74 Å². The van der Waals surface area contributed by atoms with E-state index in [1.165, 1.54) is 0 Å². The Balaban J connectivity index is 2.42. The second-order valence-corrected chi connectivity index (χ2v) is 3.98. The van der Waals surface area contributed by atoms with Crippen molar-refractivity contribution in [3.8, 4) is 17.1 Å². The van der Waals surface area contributed by atoms with Gasteiger partial charge in [-0.3, -0.25) is 0 Å². The number of benzene rings is 1. The van der Waals surface area contributed by atoms with E-state index >= 15 is 0 Å². The summed E-state index contributed by atoms with van der Waals surface area (Å²) in [6.07, 6.45) is 3.19. The van der Waals surface area contributed by atoms with Crippen molar-refractivity contribution in [1.82, 2.24) is 9.97 Å². The van der Waals surface area contributed by atoms with E-state index in [1.54, 1.807) is 37.7 Å². The van der Waals surface area contributed by atoms with Gasteiger partial charge in [0.2, 0.25) is 0 Å². The summed E-state index contributed by atoms with van der Waals surface area (Å²) < 4.78 is 4.98. The summed E-state index contributed by atoms with van der Waals surface area (Å²) in [6, 6.07) is 5.18. The van der Waals surface area contributed by atoms with Crippen LogP contribution < -0.4 is 4.74 Å². The fourth-order valence-electron chi connectivity index (χ4n) is 1.25. The van der Waals surface area contributed by atoms with Crippen LogP contribution in [0.2, 0.25) is 10.0 Å². The molecule has 0 spiro atoms.